The molecule has 2 N–H and O–H groups in total. The minimum atomic E-state index is -4.03. The van der Waals surface area contributed by atoms with Crippen LogP contribution < -0.4 is 5.14 Å². The van der Waals surface area contributed by atoms with Crippen LogP contribution in [0.15, 0.2) is 54.6 Å². The van der Waals surface area contributed by atoms with Gasteiger partial charge < -0.3 is 4.57 Å². The van der Waals surface area contributed by atoms with E-state index >= 15 is 0 Å². The fraction of sp³-hybridized carbons (Fsp3) is 0.261. The Bertz CT molecular complexity index is 1190. The number of ketones is 1. The normalized spacial score (nSPS) is 13.9. The maximum Gasteiger partial charge on any atom is 0.224 e. The third-order valence-corrected chi connectivity index (χ3v) is 7.23. The molecule has 0 aliphatic rings. The highest BCUT2D eigenvalue weighted by Gasteiger charge is 2.43. The lowest BCUT2D eigenvalue weighted by Gasteiger charge is -2.29. The van der Waals surface area contributed by atoms with Crippen LogP contribution in [-0.2, 0) is 21.8 Å². The van der Waals surface area contributed by atoms with E-state index in [4.69, 9.17) is 5.14 Å². The predicted octanol–water partition coefficient (Wildman–Crippen LogP) is 3.73. The first kappa shape index (κ1) is 21.0. The maximum absolute atomic E-state index is 13.3. The zero-order valence-electron chi connectivity index (χ0n) is 17.4. The Kier molecular flexibility index (Phi) is 5.28. The molecule has 0 fully saturated rings. The molecule has 6 heteroatoms. The fourth-order valence-corrected chi connectivity index (χ4v) is 4.91. The second-order valence-corrected chi connectivity index (χ2v) is 9.62. The van der Waals surface area contributed by atoms with Crippen molar-refractivity contribution in [2.45, 2.75) is 32.4 Å². The second kappa shape index (κ2) is 7.28. The molecule has 152 valence electrons. The van der Waals surface area contributed by atoms with Gasteiger partial charge in [0.25, 0.3) is 0 Å². The van der Waals surface area contributed by atoms with Crippen LogP contribution in [0.3, 0.4) is 0 Å². The van der Waals surface area contributed by atoms with Gasteiger partial charge in [-0.05, 0) is 50.5 Å². The molecule has 0 saturated carbocycles. The van der Waals surface area contributed by atoms with Gasteiger partial charge >= 0.3 is 0 Å². The van der Waals surface area contributed by atoms with E-state index in [2.05, 4.69) is 0 Å². The summed E-state index contributed by atoms with van der Waals surface area (Å²) >= 11 is 0. The van der Waals surface area contributed by atoms with Gasteiger partial charge in [0.1, 0.15) is 4.75 Å². The van der Waals surface area contributed by atoms with E-state index in [1.165, 1.54) is 0 Å². The Balaban J connectivity index is 2.24. The number of aryl methyl sites for hydroxylation is 3. The van der Waals surface area contributed by atoms with E-state index in [-0.39, 0.29) is 5.78 Å². The molecule has 0 spiro atoms. The monoisotopic (exact) mass is 410 g/mol. The highest BCUT2D eigenvalue weighted by molar-refractivity contribution is 7.90. The van der Waals surface area contributed by atoms with Crippen LogP contribution in [0.25, 0.3) is 0 Å². The minimum Gasteiger partial charge on any atom is -0.343 e. The van der Waals surface area contributed by atoms with Gasteiger partial charge in [-0.25, -0.2) is 13.6 Å². The van der Waals surface area contributed by atoms with E-state index in [0.717, 1.165) is 11.1 Å². The molecule has 0 saturated heterocycles. The molecule has 0 radical (unpaired) electrons. The van der Waals surface area contributed by atoms with Crippen LogP contribution in [0.5, 0.6) is 0 Å². The molecule has 29 heavy (non-hydrogen) atoms. The van der Waals surface area contributed by atoms with Crippen molar-refractivity contribution in [3.63, 3.8) is 0 Å². The molecule has 1 aromatic heterocycles. The first-order valence-electron chi connectivity index (χ1n) is 9.35. The number of nitrogens with zero attached hydrogens (tertiary/aromatic N) is 1. The zero-order valence-corrected chi connectivity index (χ0v) is 18.2. The third-order valence-electron chi connectivity index (χ3n) is 5.65. The summed E-state index contributed by atoms with van der Waals surface area (Å²) in [4.78, 5) is 13.3. The number of hydrogen-bond donors (Lipinski definition) is 1. The van der Waals surface area contributed by atoms with Gasteiger partial charge in [0.05, 0.1) is 5.69 Å². The summed E-state index contributed by atoms with van der Waals surface area (Å²) in [6.07, 6.45) is 0. The van der Waals surface area contributed by atoms with Crippen LogP contribution >= 0.6 is 0 Å². The van der Waals surface area contributed by atoms with Gasteiger partial charge in [-0.1, -0.05) is 54.1 Å². The van der Waals surface area contributed by atoms with Crippen molar-refractivity contribution in [2.24, 2.45) is 12.2 Å². The summed E-state index contributed by atoms with van der Waals surface area (Å²) in [5, 5.41) is 5.71. The lowest BCUT2D eigenvalue weighted by Crippen LogP contribution is -2.40. The van der Waals surface area contributed by atoms with E-state index in [0.29, 0.717) is 28.1 Å². The number of sulfonamides is 1. The molecule has 1 atom stereocenters. The number of rotatable bonds is 5. The molecular formula is C23H26N2O3S. The Hall–Kier alpha value is -2.70. The minimum absolute atomic E-state index is 0.140. The number of carbonyl (C=O) groups is 1. The van der Waals surface area contributed by atoms with E-state index in [9.17, 15) is 13.2 Å². The van der Waals surface area contributed by atoms with Crippen molar-refractivity contribution >= 4 is 15.8 Å². The van der Waals surface area contributed by atoms with E-state index < -0.39 is 14.8 Å². The molecule has 0 aliphatic carbocycles. The number of carbonyl (C=O) groups excluding carboxylic acids is 1. The molecule has 0 bridgehead atoms. The largest absolute Gasteiger partial charge is 0.343 e. The molecule has 5 nitrogen and oxygen atoms in total. The summed E-state index contributed by atoms with van der Waals surface area (Å²) < 4.78 is 25.6. The molecule has 3 aromatic rings. The van der Waals surface area contributed by atoms with Crippen molar-refractivity contribution in [2.75, 3.05) is 0 Å². The summed E-state index contributed by atoms with van der Waals surface area (Å²) in [7, 11) is -2.32. The summed E-state index contributed by atoms with van der Waals surface area (Å²) in [6, 6.07) is 16.3. The third kappa shape index (κ3) is 3.43. The van der Waals surface area contributed by atoms with E-state index in [1.54, 1.807) is 48.9 Å². The molecule has 0 amide bonds. The molecular weight excluding hydrogens is 384 g/mol. The van der Waals surface area contributed by atoms with Gasteiger partial charge in [0.2, 0.25) is 15.8 Å². The Labute approximate surface area is 172 Å². The molecule has 2 aromatic carbocycles. The van der Waals surface area contributed by atoms with Crippen LogP contribution in [-0.4, -0.2) is 18.8 Å². The SMILES string of the molecule is Cc1ccc(C(=O)c2c(C)cc(C(C)(c3ccccc3)S(N)(=O)=O)n2C)c(C)c1. The topological polar surface area (TPSA) is 82.2 Å². The van der Waals surface area contributed by atoms with E-state index in [1.807, 2.05) is 45.0 Å². The van der Waals surface area contributed by atoms with Crippen molar-refractivity contribution in [3.8, 4) is 0 Å². The number of nitrogens with two attached hydrogens (primary N) is 1. The second-order valence-electron chi connectivity index (χ2n) is 7.71. The molecule has 1 unspecified atom stereocenters. The summed E-state index contributed by atoms with van der Waals surface area (Å²) in [5.74, 6) is -0.140. The molecule has 3 rings (SSSR count). The van der Waals surface area contributed by atoms with Crippen LogP contribution in [0.2, 0.25) is 0 Å². The maximum atomic E-state index is 13.3. The predicted molar refractivity (Wildman–Crippen MR) is 116 cm³/mol. The quantitative estimate of drug-likeness (QED) is 0.651. The highest BCUT2D eigenvalue weighted by atomic mass is 32.2. The lowest BCUT2D eigenvalue weighted by molar-refractivity contribution is 0.103. The number of benzene rings is 2. The summed E-state index contributed by atoms with van der Waals surface area (Å²) in [6.45, 7) is 7.27. The average Bonchev–Trinajstić information content (AvgIpc) is 2.95. The first-order chi connectivity index (χ1) is 13.5. The number of hydrogen-bond acceptors (Lipinski definition) is 3. The molecule has 1 heterocycles. The van der Waals surface area contributed by atoms with Crippen LogP contribution in [0.1, 0.15) is 50.9 Å². The van der Waals surface area contributed by atoms with Gasteiger partial charge in [-0.3, -0.25) is 4.79 Å². The Morgan fingerprint density at radius 2 is 1.59 bits per heavy atom. The summed E-state index contributed by atoms with van der Waals surface area (Å²) in [5.41, 5.74) is 4.73. The van der Waals surface area contributed by atoms with Crippen molar-refractivity contribution in [3.05, 3.63) is 93.8 Å². The smallest absolute Gasteiger partial charge is 0.224 e. The number of aromatic nitrogens is 1. The van der Waals surface area contributed by atoms with Gasteiger partial charge in [0.15, 0.2) is 0 Å². The Morgan fingerprint density at radius 1 is 0.966 bits per heavy atom. The van der Waals surface area contributed by atoms with Crippen molar-refractivity contribution in [1.82, 2.24) is 4.57 Å². The standard InChI is InChI=1S/C23H26N2O3S/c1-15-11-12-19(16(2)13-15)22(26)21-17(3)14-20(25(21)5)23(4,29(24,27)28)18-9-7-6-8-10-18/h6-14H,1-5H3,(H2,24,27,28). The van der Waals surface area contributed by atoms with Gasteiger partial charge in [-0.15, -0.1) is 0 Å². The molecule has 0 aliphatic heterocycles. The lowest BCUT2D eigenvalue weighted by atomic mass is 9.96. The van der Waals surface area contributed by atoms with Gasteiger partial charge in [0, 0.05) is 18.3 Å². The van der Waals surface area contributed by atoms with Gasteiger partial charge in [-0.2, -0.15) is 0 Å². The Morgan fingerprint density at radius 3 is 2.14 bits per heavy atom. The van der Waals surface area contributed by atoms with Crippen LogP contribution in [0.4, 0.5) is 0 Å². The highest BCUT2D eigenvalue weighted by Crippen LogP contribution is 2.38. The fourth-order valence-electron chi connectivity index (χ4n) is 3.95. The van der Waals surface area contributed by atoms with Crippen molar-refractivity contribution < 1.29 is 13.2 Å². The average molecular weight is 411 g/mol. The zero-order chi connectivity index (χ0) is 21.6. The number of primary sulfonamides is 1. The first-order valence-corrected chi connectivity index (χ1v) is 10.9. The van der Waals surface area contributed by atoms with Crippen LogP contribution in [0, 0.1) is 20.8 Å². The van der Waals surface area contributed by atoms with Crippen molar-refractivity contribution in [1.29, 1.82) is 0 Å².